The van der Waals surface area contributed by atoms with Gasteiger partial charge in [0.05, 0.1) is 0 Å². The Morgan fingerprint density at radius 3 is 2.67 bits per heavy atom. The average Bonchev–Trinajstić information content (AvgIpc) is 2.50. The molecule has 0 bridgehead atoms. The van der Waals surface area contributed by atoms with Crippen molar-refractivity contribution < 1.29 is 0 Å². The van der Waals surface area contributed by atoms with Crippen molar-refractivity contribution in [2.75, 3.05) is 20.1 Å². The molecular weight excluding hydrogens is 350 g/mol. The fourth-order valence-corrected chi connectivity index (χ4v) is 2.95. The summed E-state index contributed by atoms with van der Waals surface area (Å²) < 4.78 is 1.02. The van der Waals surface area contributed by atoms with Gasteiger partial charge in [0.2, 0.25) is 0 Å². The van der Waals surface area contributed by atoms with Gasteiger partial charge in [0.25, 0.3) is 0 Å². The molecule has 0 aliphatic carbocycles. The van der Waals surface area contributed by atoms with Crippen LogP contribution in [0.25, 0.3) is 0 Å². The van der Waals surface area contributed by atoms with Crippen molar-refractivity contribution in [1.82, 2.24) is 9.88 Å². The number of rotatable bonds is 6. The number of hydrogen-bond acceptors (Lipinski definition) is 3. The lowest BCUT2D eigenvalue weighted by atomic mass is 10.0. The number of hydrogen-bond donors (Lipinski definition) is 1. The molecule has 0 aliphatic heterocycles. The normalized spacial score (nSPS) is 12.6. The Bertz CT molecular complexity index is 577. The van der Waals surface area contributed by atoms with Crippen LogP contribution < -0.4 is 5.73 Å². The Kier molecular flexibility index (Phi) is 6.18. The molecule has 5 heteroatoms. The molecule has 1 aromatic carbocycles. The van der Waals surface area contributed by atoms with Gasteiger partial charge in [0.1, 0.15) is 0 Å². The van der Waals surface area contributed by atoms with Gasteiger partial charge in [-0.15, -0.1) is 0 Å². The average molecular weight is 369 g/mol. The van der Waals surface area contributed by atoms with Crippen LogP contribution in [0.15, 0.2) is 47.2 Å². The predicted octanol–water partition coefficient (Wildman–Crippen LogP) is 3.67. The summed E-state index contributed by atoms with van der Waals surface area (Å²) >= 11 is 9.81. The molecule has 0 saturated carbocycles. The van der Waals surface area contributed by atoms with Gasteiger partial charge in [-0.2, -0.15) is 0 Å². The van der Waals surface area contributed by atoms with E-state index in [4.69, 9.17) is 17.3 Å². The van der Waals surface area contributed by atoms with Crippen LogP contribution in [0.4, 0.5) is 0 Å². The molecule has 2 aromatic rings. The van der Waals surface area contributed by atoms with Crippen LogP contribution >= 0.6 is 27.5 Å². The smallest absolute Gasteiger partial charge is 0.0482 e. The summed E-state index contributed by atoms with van der Waals surface area (Å²) in [6.07, 6.45) is 4.60. The van der Waals surface area contributed by atoms with Crippen LogP contribution in [-0.4, -0.2) is 30.0 Å². The molecule has 2 N–H and O–H groups in total. The van der Waals surface area contributed by atoms with Crippen molar-refractivity contribution in [1.29, 1.82) is 0 Å². The SMILES string of the molecule is CN(CCc1ccncc1)C(CN)c1cc(Br)ccc1Cl. The number of pyridine rings is 1. The zero-order chi connectivity index (χ0) is 15.2. The summed E-state index contributed by atoms with van der Waals surface area (Å²) in [5.41, 5.74) is 8.30. The van der Waals surface area contributed by atoms with E-state index < -0.39 is 0 Å². The number of halogens is 2. The van der Waals surface area contributed by atoms with Gasteiger partial charge in [-0.05, 0) is 54.9 Å². The third-order valence-corrected chi connectivity index (χ3v) is 4.41. The molecule has 0 radical (unpaired) electrons. The maximum atomic E-state index is 6.32. The Labute approximate surface area is 139 Å². The number of likely N-dealkylation sites (N-methyl/N-ethyl adjacent to an activating group) is 1. The van der Waals surface area contributed by atoms with Crippen molar-refractivity contribution in [3.8, 4) is 0 Å². The van der Waals surface area contributed by atoms with Gasteiger partial charge in [-0.25, -0.2) is 0 Å². The highest BCUT2D eigenvalue weighted by Gasteiger charge is 2.18. The Morgan fingerprint density at radius 1 is 1.29 bits per heavy atom. The molecule has 112 valence electrons. The summed E-state index contributed by atoms with van der Waals surface area (Å²) in [5, 5.41) is 0.754. The molecule has 1 aromatic heterocycles. The fraction of sp³-hybridized carbons (Fsp3) is 0.312. The number of nitrogens with zero attached hydrogens (tertiary/aromatic N) is 2. The third kappa shape index (κ3) is 4.51. The summed E-state index contributed by atoms with van der Waals surface area (Å²) in [5.74, 6) is 0. The van der Waals surface area contributed by atoms with Crippen LogP contribution in [0.5, 0.6) is 0 Å². The molecule has 1 heterocycles. The van der Waals surface area contributed by atoms with Crippen molar-refractivity contribution in [3.05, 3.63) is 63.3 Å². The van der Waals surface area contributed by atoms with Crippen molar-refractivity contribution in [2.24, 2.45) is 5.73 Å². The van der Waals surface area contributed by atoms with Gasteiger partial charge >= 0.3 is 0 Å². The molecule has 2 rings (SSSR count). The second-order valence-electron chi connectivity index (χ2n) is 5.00. The lowest BCUT2D eigenvalue weighted by molar-refractivity contribution is 0.253. The van der Waals surface area contributed by atoms with Gasteiger partial charge in [-0.3, -0.25) is 9.88 Å². The first-order chi connectivity index (χ1) is 10.1. The highest BCUT2D eigenvalue weighted by molar-refractivity contribution is 9.10. The van der Waals surface area contributed by atoms with Gasteiger partial charge in [-0.1, -0.05) is 27.5 Å². The van der Waals surface area contributed by atoms with Crippen LogP contribution in [0, 0.1) is 0 Å². The van der Waals surface area contributed by atoms with Crippen LogP contribution in [0.3, 0.4) is 0 Å². The lowest BCUT2D eigenvalue weighted by Crippen LogP contribution is -2.32. The van der Waals surface area contributed by atoms with Crippen molar-refractivity contribution in [2.45, 2.75) is 12.5 Å². The molecule has 1 atom stereocenters. The van der Waals surface area contributed by atoms with E-state index in [1.807, 2.05) is 42.7 Å². The monoisotopic (exact) mass is 367 g/mol. The van der Waals surface area contributed by atoms with Gasteiger partial charge in [0, 0.05) is 41.0 Å². The minimum Gasteiger partial charge on any atom is -0.329 e. The Morgan fingerprint density at radius 2 is 2.00 bits per heavy atom. The molecule has 3 nitrogen and oxygen atoms in total. The lowest BCUT2D eigenvalue weighted by Gasteiger charge is -2.28. The second-order valence-corrected chi connectivity index (χ2v) is 6.33. The molecule has 1 unspecified atom stereocenters. The molecular formula is C16H19BrClN3. The van der Waals surface area contributed by atoms with E-state index in [2.05, 4.69) is 32.9 Å². The zero-order valence-corrected chi connectivity index (χ0v) is 14.3. The largest absolute Gasteiger partial charge is 0.329 e. The van der Waals surface area contributed by atoms with E-state index in [0.717, 1.165) is 28.0 Å². The maximum Gasteiger partial charge on any atom is 0.0482 e. The van der Waals surface area contributed by atoms with Crippen LogP contribution in [-0.2, 0) is 6.42 Å². The molecule has 0 spiro atoms. The quantitative estimate of drug-likeness (QED) is 0.846. The van der Waals surface area contributed by atoms with Gasteiger partial charge < -0.3 is 5.73 Å². The van der Waals surface area contributed by atoms with Gasteiger partial charge in [0.15, 0.2) is 0 Å². The Hall–Kier alpha value is -0.940. The van der Waals surface area contributed by atoms with E-state index in [1.165, 1.54) is 5.56 Å². The number of benzene rings is 1. The predicted molar refractivity (Wildman–Crippen MR) is 91.5 cm³/mol. The molecule has 21 heavy (non-hydrogen) atoms. The summed E-state index contributed by atoms with van der Waals surface area (Å²) in [6.45, 7) is 1.44. The fourth-order valence-electron chi connectivity index (χ4n) is 2.33. The first-order valence-corrected chi connectivity index (χ1v) is 8.03. The second kappa shape index (κ2) is 7.90. The van der Waals surface area contributed by atoms with E-state index in [9.17, 15) is 0 Å². The first-order valence-electron chi connectivity index (χ1n) is 6.86. The van der Waals surface area contributed by atoms with E-state index in [1.54, 1.807) is 0 Å². The summed E-state index contributed by atoms with van der Waals surface area (Å²) in [6, 6.07) is 10.1. The van der Waals surface area contributed by atoms with E-state index in [-0.39, 0.29) is 6.04 Å². The van der Waals surface area contributed by atoms with E-state index in [0.29, 0.717) is 6.54 Å². The number of nitrogens with two attached hydrogens (primary N) is 1. The maximum absolute atomic E-state index is 6.32. The molecule has 0 saturated heterocycles. The number of aromatic nitrogens is 1. The highest BCUT2D eigenvalue weighted by atomic mass is 79.9. The first kappa shape index (κ1) is 16.4. The summed E-state index contributed by atoms with van der Waals surface area (Å²) in [7, 11) is 2.08. The molecule has 0 amide bonds. The van der Waals surface area contributed by atoms with Crippen LogP contribution in [0.1, 0.15) is 17.2 Å². The minimum atomic E-state index is 0.108. The minimum absolute atomic E-state index is 0.108. The standard InChI is InChI=1S/C16H19BrClN3/c1-21(9-6-12-4-7-20-8-5-12)16(11-19)14-10-13(17)2-3-15(14)18/h2-5,7-8,10,16H,6,9,11,19H2,1H3. The van der Waals surface area contributed by atoms with Crippen LogP contribution in [0.2, 0.25) is 5.02 Å². The van der Waals surface area contributed by atoms with Crippen molar-refractivity contribution >= 4 is 27.5 Å². The summed E-state index contributed by atoms with van der Waals surface area (Å²) in [4.78, 5) is 6.28. The molecule has 0 fully saturated rings. The van der Waals surface area contributed by atoms with E-state index >= 15 is 0 Å². The Balaban J connectivity index is 2.08. The highest BCUT2D eigenvalue weighted by Crippen LogP contribution is 2.29. The topological polar surface area (TPSA) is 42.2 Å². The zero-order valence-electron chi connectivity index (χ0n) is 12.0. The van der Waals surface area contributed by atoms with Crippen molar-refractivity contribution in [3.63, 3.8) is 0 Å². The third-order valence-electron chi connectivity index (χ3n) is 3.57. The molecule has 0 aliphatic rings.